The van der Waals surface area contributed by atoms with Gasteiger partial charge in [0.2, 0.25) is 0 Å². The van der Waals surface area contributed by atoms with Crippen LogP contribution < -0.4 is 4.74 Å². The van der Waals surface area contributed by atoms with Gasteiger partial charge in [0.05, 0.1) is 7.11 Å². The number of rotatable bonds is 2. The fourth-order valence-corrected chi connectivity index (χ4v) is 0.963. The number of hydrogen-bond donors (Lipinski definition) is 1. The van der Waals surface area contributed by atoms with E-state index < -0.39 is 5.82 Å². The molecule has 0 bridgehead atoms. The molecule has 1 rings (SSSR count). The van der Waals surface area contributed by atoms with Crippen LogP contribution in [0.1, 0.15) is 5.56 Å². The van der Waals surface area contributed by atoms with Gasteiger partial charge in [0.15, 0.2) is 16.7 Å². The van der Waals surface area contributed by atoms with Gasteiger partial charge >= 0.3 is 0 Å². The topological polar surface area (TPSA) is 41.8 Å². The minimum absolute atomic E-state index is 0.0549. The number of halogens is 2. The van der Waals surface area contributed by atoms with Crippen molar-refractivity contribution in [2.45, 2.75) is 0 Å². The first kappa shape index (κ1) is 9.80. The number of methoxy groups -OCH3 is 1. The maximum Gasteiger partial charge on any atom is 0.175 e. The van der Waals surface area contributed by atoms with Crippen molar-refractivity contribution >= 4 is 16.8 Å². The first-order valence-electron chi connectivity index (χ1n) is 3.40. The minimum atomic E-state index is -0.492. The number of benzene rings is 1. The van der Waals surface area contributed by atoms with E-state index in [1.165, 1.54) is 25.3 Å². The fraction of sp³-hybridized carbons (Fsp3) is 0.125. The largest absolute Gasteiger partial charge is 0.494 e. The van der Waals surface area contributed by atoms with Crippen LogP contribution in [0.25, 0.3) is 0 Å². The molecule has 3 nitrogen and oxygen atoms in total. The molecule has 0 radical (unpaired) electrons. The summed E-state index contributed by atoms with van der Waals surface area (Å²) in [7, 11) is 1.34. The van der Waals surface area contributed by atoms with Crippen molar-refractivity contribution in [1.82, 2.24) is 0 Å². The van der Waals surface area contributed by atoms with E-state index in [-0.39, 0.29) is 10.9 Å². The Hall–Kier alpha value is -1.29. The third-order valence-corrected chi connectivity index (χ3v) is 1.77. The van der Waals surface area contributed by atoms with Crippen molar-refractivity contribution in [1.29, 1.82) is 0 Å². The summed E-state index contributed by atoms with van der Waals surface area (Å²) in [5.74, 6) is -0.437. The molecule has 0 aliphatic carbocycles. The molecule has 0 unspecified atom stereocenters. The number of ether oxygens (including phenoxy) is 1. The predicted octanol–water partition coefficient (Wildman–Crippen LogP) is 2.21. The Balaban J connectivity index is 3.13. The van der Waals surface area contributed by atoms with Gasteiger partial charge in [-0.3, -0.25) is 0 Å². The summed E-state index contributed by atoms with van der Waals surface area (Å²) in [6, 6.07) is 3.92. The van der Waals surface area contributed by atoms with Crippen LogP contribution in [0.15, 0.2) is 23.4 Å². The van der Waals surface area contributed by atoms with E-state index in [1.54, 1.807) is 0 Å². The molecule has 0 aliphatic heterocycles. The van der Waals surface area contributed by atoms with E-state index in [1.807, 2.05) is 0 Å². The van der Waals surface area contributed by atoms with E-state index in [0.717, 1.165) is 0 Å². The molecule has 0 heterocycles. The van der Waals surface area contributed by atoms with Crippen molar-refractivity contribution in [2.24, 2.45) is 5.16 Å². The van der Waals surface area contributed by atoms with Crippen molar-refractivity contribution < 1.29 is 14.3 Å². The molecule has 1 aromatic rings. The highest BCUT2D eigenvalue weighted by Gasteiger charge is 2.06. The Labute approximate surface area is 79.4 Å². The summed E-state index contributed by atoms with van der Waals surface area (Å²) in [5.41, 5.74) is 0.391. The highest BCUT2D eigenvalue weighted by Crippen LogP contribution is 2.19. The normalized spacial score (nSPS) is 11.5. The van der Waals surface area contributed by atoms with E-state index >= 15 is 0 Å². The van der Waals surface area contributed by atoms with Crippen molar-refractivity contribution in [2.75, 3.05) is 7.11 Å². The van der Waals surface area contributed by atoms with Gasteiger partial charge in [-0.15, -0.1) is 0 Å². The van der Waals surface area contributed by atoms with Crippen LogP contribution in [0.3, 0.4) is 0 Å². The van der Waals surface area contributed by atoms with Gasteiger partial charge in [0, 0.05) is 5.56 Å². The lowest BCUT2D eigenvalue weighted by Crippen LogP contribution is -1.94. The van der Waals surface area contributed by atoms with Gasteiger partial charge in [0.25, 0.3) is 0 Å². The Morgan fingerprint density at radius 1 is 1.62 bits per heavy atom. The summed E-state index contributed by atoms with van der Waals surface area (Å²) in [5, 5.41) is 11.0. The zero-order valence-corrected chi connectivity index (χ0v) is 7.55. The van der Waals surface area contributed by atoms with Gasteiger partial charge in [-0.05, 0) is 18.2 Å². The highest BCUT2D eigenvalue weighted by atomic mass is 35.5. The van der Waals surface area contributed by atoms with Gasteiger partial charge < -0.3 is 9.94 Å². The lowest BCUT2D eigenvalue weighted by Gasteiger charge is -2.02. The van der Waals surface area contributed by atoms with Crippen LogP contribution >= 0.6 is 11.6 Å². The Kier molecular flexibility index (Phi) is 3.08. The SMILES string of the molecule is COc1cc(/C(Cl)=N/O)ccc1F. The molecule has 0 saturated carbocycles. The second-order valence-corrected chi connectivity index (χ2v) is 2.60. The second kappa shape index (κ2) is 4.09. The molecule has 5 heteroatoms. The van der Waals surface area contributed by atoms with Gasteiger partial charge in [-0.1, -0.05) is 16.8 Å². The highest BCUT2D eigenvalue weighted by molar-refractivity contribution is 6.69. The average molecular weight is 204 g/mol. The summed E-state index contributed by atoms with van der Waals surface area (Å²) in [6.45, 7) is 0. The Morgan fingerprint density at radius 3 is 2.85 bits per heavy atom. The van der Waals surface area contributed by atoms with E-state index in [0.29, 0.717) is 5.56 Å². The lowest BCUT2D eigenvalue weighted by atomic mass is 10.2. The molecule has 0 fully saturated rings. The van der Waals surface area contributed by atoms with Crippen LogP contribution in [-0.4, -0.2) is 17.5 Å². The van der Waals surface area contributed by atoms with Gasteiger partial charge in [0.1, 0.15) is 0 Å². The van der Waals surface area contributed by atoms with E-state index in [4.69, 9.17) is 21.5 Å². The maximum atomic E-state index is 12.9. The maximum absolute atomic E-state index is 12.9. The molecule has 0 aliphatic rings. The van der Waals surface area contributed by atoms with E-state index in [9.17, 15) is 4.39 Å². The predicted molar refractivity (Wildman–Crippen MR) is 47.1 cm³/mol. The third kappa shape index (κ3) is 2.09. The molecule has 0 atom stereocenters. The van der Waals surface area contributed by atoms with Crippen LogP contribution in [0, 0.1) is 5.82 Å². The quantitative estimate of drug-likeness (QED) is 0.455. The standard InChI is InChI=1S/C8H7ClFNO2/c1-13-7-4-5(8(9)11-12)2-3-6(7)10/h2-4,12H,1H3/b11-8-. The fourth-order valence-electron chi connectivity index (χ4n) is 0.846. The van der Waals surface area contributed by atoms with Crippen LogP contribution in [0.5, 0.6) is 5.75 Å². The molecular formula is C8H7ClFNO2. The number of nitrogens with zero attached hydrogens (tertiary/aromatic N) is 1. The molecule has 0 saturated heterocycles. The molecule has 0 aromatic heterocycles. The molecule has 0 amide bonds. The average Bonchev–Trinajstić information content (AvgIpc) is 2.17. The first-order chi connectivity index (χ1) is 6.19. The Morgan fingerprint density at radius 2 is 2.31 bits per heavy atom. The summed E-state index contributed by atoms with van der Waals surface area (Å²) in [4.78, 5) is 0. The molecule has 1 N–H and O–H groups in total. The zero-order chi connectivity index (χ0) is 9.84. The minimum Gasteiger partial charge on any atom is -0.494 e. The Bertz CT molecular complexity index is 341. The van der Waals surface area contributed by atoms with Crippen molar-refractivity contribution in [3.63, 3.8) is 0 Å². The summed E-state index contributed by atoms with van der Waals surface area (Å²) in [6.07, 6.45) is 0. The second-order valence-electron chi connectivity index (χ2n) is 2.24. The summed E-state index contributed by atoms with van der Waals surface area (Å²) < 4.78 is 17.6. The van der Waals surface area contributed by atoms with Crippen molar-refractivity contribution in [3.05, 3.63) is 29.6 Å². The monoisotopic (exact) mass is 203 g/mol. The smallest absolute Gasteiger partial charge is 0.175 e. The summed E-state index contributed by atoms with van der Waals surface area (Å²) >= 11 is 5.49. The van der Waals surface area contributed by atoms with Crippen molar-refractivity contribution in [3.8, 4) is 5.75 Å². The third-order valence-electron chi connectivity index (χ3n) is 1.48. The molecular weight excluding hydrogens is 197 g/mol. The number of hydrogen-bond acceptors (Lipinski definition) is 3. The van der Waals surface area contributed by atoms with Crippen LogP contribution in [0.2, 0.25) is 0 Å². The van der Waals surface area contributed by atoms with E-state index in [2.05, 4.69) is 5.16 Å². The first-order valence-corrected chi connectivity index (χ1v) is 3.78. The molecule has 1 aromatic carbocycles. The molecule has 0 spiro atoms. The zero-order valence-electron chi connectivity index (χ0n) is 6.79. The van der Waals surface area contributed by atoms with Gasteiger partial charge in [-0.2, -0.15) is 0 Å². The lowest BCUT2D eigenvalue weighted by molar-refractivity contribution is 0.320. The van der Waals surface area contributed by atoms with Gasteiger partial charge in [-0.25, -0.2) is 4.39 Å². The van der Waals surface area contributed by atoms with Crippen LogP contribution in [0.4, 0.5) is 4.39 Å². The van der Waals surface area contributed by atoms with Crippen LogP contribution in [-0.2, 0) is 0 Å². The number of oxime groups is 1. The molecule has 70 valence electrons. The molecule has 13 heavy (non-hydrogen) atoms.